The van der Waals surface area contributed by atoms with Crippen LogP contribution in [0.3, 0.4) is 0 Å². The van der Waals surface area contributed by atoms with Gasteiger partial charge in [0.25, 0.3) is 5.91 Å². The second-order valence-electron chi connectivity index (χ2n) is 6.77. The topological polar surface area (TPSA) is 85.1 Å². The van der Waals surface area contributed by atoms with Gasteiger partial charge in [-0.1, -0.05) is 29.3 Å². The molecular formula is C19H12Cl2F6N6O. The van der Waals surface area contributed by atoms with E-state index in [4.69, 9.17) is 23.2 Å². The number of benzene rings is 2. The summed E-state index contributed by atoms with van der Waals surface area (Å²) in [5.74, 6) is -1.30. The first kappa shape index (κ1) is 25.4. The number of nitrogens with zero attached hydrogens (tertiary/aromatic N) is 5. The lowest BCUT2D eigenvalue weighted by atomic mass is 10.0. The molecule has 1 unspecified atom stereocenters. The van der Waals surface area contributed by atoms with E-state index in [0.717, 1.165) is 4.80 Å². The summed E-state index contributed by atoms with van der Waals surface area (Å²) in [5.41, 5.74) is -1.13. The van der Waals surface area contributed by atoms with Crippen LogP contribution >= 0.6 is 23.2 Å². The molecule has 7 nitrogen and oxygen atoms in total. The molecule has 1 aromatic heterocycles. The fourth-order valence-corrected chi connectivity index (χ4v) is 3.08. The average Bonchev–Trinajstić information content (AvgIpc) is 3.24. The zero-order chi connectivity index (χ0) is 25.3. The van der Waals surface area contributed by atoms with Crippen LogP contribution in [0.15, 0.2) is 41.5 Å². The molecule has 0 saturated heterocycles. The molecule has 3 rings (SSSR count). The van der Waals surface area contributed by atoms with Crippen LogP contribution in [0.4, 0.5) is 26.3 Å². The van der Waals surface area contributed by atoms with E-state index < -0.39 is 46.8 Å². The maximum Gasteiger partial charge on any atom is 0.416 e. The molecular weight excluding hydrogens is 513 g/mol. The van der Waals surface area contributed by atoms with Gasteiger partial charge in [-0.25, -0.2) is 5.43 Å². The van der Waals surface area contributed by atoms with Crippen molar-refractivity contribution in [1.82, 2.24) is 25.6 Å². The number of aromatic nitrogens is 4. The Bertz CT molecular complexity index is 1190. The first-order chi connectivity index (χ1) is 15.8. The molecule has 0 aliphatic carbocycles. The molecule has 0 aliphatic rings. The van der Waals surface area contributed by atoms with Crippen LogP contribution in [0.25, 0.3) is 11.4 Å². The van der Waals surface area contributed by atoms with E-state index >= 15 is 0 Å². The average molecular weight is 525 g/mol. The van der Waals surface area contributed by atoms with Gasteiger partial charge in [0.2, 0.25) is 5.82 Å². The lowest BCUT2D eigenvalue weighted by molar-refractivity contribution is -0.143. The van der Waals surface area contributed by atoms with Crippen molar-refractivity contribution in [2.24, 2.45) is 5.10 Å². The molecule has 0 bridgehead atoms. The number of hydrogen-bond donors (Lipinski definition) is 1. The number of rotatable bonds is 5. The highest BCUT2D eigenvalue weighted by molar-refractivity contribution is 6.38. The predicted octanol–water partition coefficient (Wildman–Crippen LogP) is 5.40. The number of hydrazone groups is 1. The van der Waals surface area contributed by atoms with Gasteiger partial charge < -0.3 is 0 Å². The lowest BCUT2D eigenvalue weighted by Gasteiger charge is -2.13. The minimum Gasteiger partial charge on any atom is -0.271 e. The van der Waals surface area contributed by atoms with Gasteiger partial charge in [-0.3, -0.25) is 4.79 Å². The third-order valence-corrected chi connectivity index (χ3v) is 5.03. The number of carbonyl (C=O) groups is 1. The Labute approximate surface area is 197 Å². The van der Waals surface area contributed by atoms with E-state index in [9.17, 15) is 31.1 Å². The van der Waals surface area contributed by atoms with Crippen molar-refractivity contribution in [3.63, 3.8) is 0 Å². The number of nitrogens with one attached hydrogen (secondary N) is 1. The summed E-state index contributed by atoms with van der Waals surface area (Å²) < 4.78 is 78.4. The molecule has 0 radical (unpaired) electrons. The Kier molecular flexibility index (Phi) is 7.17. The number of carbonyl (C=O) groups excluding carboxylic acids is 1. The van der Waals surface area contributed by atoms with Gasteiger partial charge >= 0.3 is 12.4 Å². The van der Waals surface area contributed by atoms with Crippen molar-refractivity contribution < 1.29 is 31.1 Å². The monoisotopic (exact) mass is 524 g/mol. The highest BCUT2D eigenvalue weighted by atomic mass is 35.5. The summed E-state index contributed by atoms with van der Waals surface area (Å²) in [6.07, 6.45) is -8.89. The number of alkyl halides is 6. The highest BCUT2D eigenvalue weighted by Crippen LogP contribution is 2.38. The van der Waals surface area contributed by atoms with Crippen LogP contribution in [0.5, 0.6) is 0 Å². The Balaban J connectivity index is 1.82. The van der Waals surface area contributed by atoms with E-state index in [1.165, 1.54) is 13.1 Å². The summed E-state index contributed by atoms with van der Waals surface area (Å²) >= 11 is 12.0. The summed E-state index contributed by atoms with van der Waals surface area (Å²) in [6, 6.07) is 4.44. The largest absolute Gasteiger partial charge is 0.416 e. The maximum absolute atomic E-state index is 13.1. The van der Waals surface area contributed by atoms with Gasteiger partial charge in [0.05, 0.1) is 27.4 Å². The van der Waals surface area contributed by atoms with Crippen LogP contribution in [0.1, 0.15) is 29.7 Å². The standard InChI is InChI=1S/C19H12Cl2F6N6O/c1-9(17(34)30-28-8-13-14(20)3-2-4-15(13)21)33-31-16(29-32-33)10-5-11(18(22,23)24)7-12(6-10)19(25,26)27/h2-9H,1H3,(H,30,34)/b28-8+. The van der Waals surface area contributed by atoms with E-state index in [2.05, 4.69) is 25.9 Å². The Morgan fingerprint density at radius 3 is 2.15 bits per heavy atom. The fourth-order valence-electron chi connectivity index (χ4n) is 2.58. The Morgan fingerprint density at radius 1 is 1.06 bits per heavy atom. The summed E-state index contributed by atoms with van der Waals surface area (Å²) in [5, 5.41) is 15.1. The third kappa shape index (κ3) is 5.83. The molecule has 1 N–H and O–H groups in total. The van der Waals surface area contributed by atoms with Crippen LogP contribution in [-0.2, 0) is 17.1 Å². The smallest absolute Gasteiger partial charge is 0.271 e. The molecule has 1 atom stereocenters. The zero-order valence-electron chi connectivity index (χ0n) is 16.8. The first-order valence-corrected chi connectivity index (χ1v) is 9.89. The first-order valence-electron chi connectivity index (χ1n) is 9.13. The number of amides is 1. The van der Waals surface area contributed by atoms with E-state index in [1.54, 1.807) is 18.2 Å². The molecule has 3 aromatic rings. The van der Waals surface area contributed by atoms with Crippen molar-refractivity contribution in [2.45, 2.75) is 25.3 Å². The Morgan fingerprint density at radius 2 is 1.62 bits per heavy atom. The molecule has 34 heavy (non-hydrogen) atoms. The van der Waals surface area contributed by atoms with Crippen LogP contribution < -0.4 is 5.43 Å². The van der Waals surface area contributed by atoms with Crippen LogP contribution in [0.2, 0.25) is 10.0 Å². The highest BCUT2D eigenvalue weighted by Gasteiger charge is 2.37. The predicted molar refractivity (Wildman–Crippen MR) is 110 cm³/mol. The molecule has 1 amide bonds. The van der Waals surface area contributed by atoms with Crippen molar-refractivity contribution in [3.05, 3.63) is 63.1 Å². The summed E-state index contributed by atoms with van der Waals surface area (Å²) in [6.45, 7) is 1.31. The van der Waals surface area contributed by atoms with Crippen molar-refractivity contribution >= 4 is 35.3 Å². The number of halogens is 8. The van der Waals surface area contributed by atoms with Crippen LogP contribution in [0, 0.1) is 0 Å². The maximum atomic E-state index is 13.1. The SMILES string of the molecule is CC(C(=O)N/N=C/c1c(Cl)cccc1Cl)n1nnc(-c2cc(C(F)(F)F)cc(C(F)(F)F)c2)n1. The number of hydrogen-bond acceptors (Lipinski definition) is 5. The summed E-state index contributed by atoms with van der Waals surface area (Å²) in [4.78, 5) is 13.0. The van der Waals surface area contributed by atoms with E-state index in [1.807, 2.05) is 0 Å². The van der Waals surface area contributed by atoms with Crippen molar-refractivity contribution in [3.8, 4) is 11.4 Å². The van der Waals surface area contributed by atoms with Crippen molar-refractivity contribution in [1.29, 1.82) is 0 Å². The molecule has 0 aliphatic heterocycles. The zero-order valence-corrected chi connectivity index (χ0v) is 18.3. The van der Waals surface area contributed by atoms with Gasteiger partial charge in [0.1, 0.15) is 0 Å². The second-order valence-corrected chi connectivity index (χ2v) is 7.59. The quantitative estimate of drug-likeness (QED) is 0.275. The molecule has 0 fully saturated rings. The lowest BCUT2D eigenvalue weighted by Crippen LogP contribution is -2.28. The van der Waals surface area contributed by atoms with Gasteiger partial charge in [0, 0.05) is 11.1 Å². The van der Waals surface area contributed by atoms with Crippen LogP contribution in [-0.4, -0.2) is 32.3 Å². The molecule has 1 heterocycles. The minimum atomic E-state index is -5.04. The fraction of sp³-hybridized carbons (Fsp3) is 0.211. The molecule has 180 valence electrons. The normalized spacial score (nSPS) is 13.3. The molecule has 0 saturated carbocycles. The Hall–Kier alpha value is -3.19. The molecule has 2 aromatic carbocycles. The van der Waals surface area contributed by atoms with Crippen molar-refractivity contribution in [2.75, 3.05) is 0 Å². The second kappa shape index (κ2) is 9.58. The minimum absolute atomic E-state index is 0.0206. The van der Waals surface area contributed by atoms with Gasteiger partial charge in [-0.15, -0.1) is 10.2 Å². The van der Waals surface area contributed by atoms with Gasteiger partial charge in [0.15, 0.2) is 6.04 Å². The van der Waals surface area contributed by atoms with Gasteiger partial charge in [-0.2, -0.15) is 36.2 Å². The van der Waals surface area contributed by atoms with E-state index in [0.29, 0.717) is 17.7 Å². The molecule has 15 heteroatoms. The number of tetrazole rings is 1. The summed E-state index contributed by atoms with van der Waals surface area (Å²) in [7, 11) is 0. The third-order valence-electron chi connectivity index (χ3n) is 4.37. The molecule has 0 spiro atoms. The van der Waals surface area contributed by atoms with Gasteiger partial charge in [-0.05, 0) is 42.5 Å². The van der Waals surface area contributed by atoms with E-state index in [-0.39, 0.29) is 16.1 Å².